The van der Waals surface area contributed by atoms with Gasteiger partial charge in [-0.05, 0) is 17.7 Å². The third kappa shape index (κ3) is 3.25. The summed E-state index contributed by atoms with van der Waals surface area (Å²) in [5.74, 6) is -1.03. The minimum absolute atomic E-state index is 0.240. The molecule has 0 saturated carbocycles. The molecular weight excluding hydrogens is 249 g/mol. The number of carboxylic acid groups (broad SMARTS) is 1. The van der Waals surface area contributed by atoms with Crippen molar-refractivity contribution in [3.8, 4) is 0 Å². The average Bonchev–Trinajstić information content (AvgIpc) is 2.40. The Kier molecular flexibility index (Phi) is 3.70. The molecule has 0 spiro atoms. The van der Waals surface area contributed by atoms with Crippen molar-refractivity contribution >= 4 is 11.9 Å². The van der Waals surface area contributed by atoms with Gasteiger partial charge in [-0.25, -0.2) is 19.2 Å². The van der Waals surface area contributed by atoms with Gasteiger partial charge in [0.25, 0.3) is 0 Å². The topological polar surface area (TPSA) is 66.3 Å². The van der Waals surface area contributed by atoms with Crippen molar-refractivity contribution in [2.75, 3.05) is 11.9 Å². The van der Waals surface area contributed by atoms with Crippen molar-refractivity contribution in [3.05, 3.63) is 53.6 Å². The van der Waals surface area contributed by atoms with Crippen LogP contribution < -0.4 is 4.90 Å². The Bertz CT molecular complexity index is 569. The summed E-state index contributed by atoms with van der Waals surface area (Å²) in [6, 6.07) is 6.53. The number of hydrogen-bond acceptors (Lipinski definition) is 4. The van der Waals surface area contributed by atoms with Crippen LogP contribution in [0, 0.1) is 5.82 Å². The summed E-state index contributed by atoms with van der Waals surface area (Å²) in [6.45, 7) is 0.505. The first-order valence-corrected chi connectivity index (χ1v) is 5.57. The normalized spacial score (nSPS) is 10.2. The maximum Gasteiger partial charge on any atom is 0.335 e. The molecule has 0 fully saturated rings. The molecule has 0 atom stereocenters. The van der Waals surface area contributed by atoms with Gasteiger partial charge in [0.15, 0.2) is 5.82 Å². The van der Waals surface area contributed by atoms with Crippen LogP contribution >= 0.6 is 0 Å². The number of rotatable bonds is 4. The van der Waals surface area contributed by atoms with Gasteiger partial charge in [0.05, 0.1) is 18.0 Å². The van der Waals surface area contributed by atoms with Crippen LogP contribution in [-0.2, 0) is 6.54 Å². The molecule has 2 aromatic rings. The summed E-state index contributed by atoms with van der Waals surface area (Å²) in [7, 11) is 1.78. The summed E-state index contributed by atoms with van der Waals surface area (Å²) >= 11 is 0. The van der Waals surface area contributed by atoms with Gasteiger partial charge in [0.1, 0.15) is 0 Å². The van der Waals surface area contributed by atoms with E-state index >= 15 is 0 Å². The number of aromatic nitrogens is 2. The van der Waals surface area contributed by atoms with Gasteiger partial charge in [0, 0.05) is 13.6 Å². The van der Waals surface area contributed by atoms with Crippen LogP contribution in [0.25, 0.3) is 0 Å². The van der Waals surface area contributed by atoms with Crippen LogP contribution in [0.2, 0.25) is 0 Å². The van der Waals surface area contributed by atoms with E-state index in [0.29, 0.717) is 12.5 Å². The molecule has 2 rings (SSSR count). The molecule has 1 heterocycles. The predicted molar refractivity (Wildman–Crippen MR) is 67.5 cm³/mol. The number of benzene rings is 1. The highest BCUT2D eigenvalue weighted by Gasteiger charge is 2.06. The zero-order valence-electron chi connectivity index (χ0n) is 10.2. The van der Waals surface area contributed by atoms with E-state index in [-0.39, 0.29) is 5.56 Å². The third-order valence-corrected chi connectivity index (χ3v) is 2.57. The van der Waals surface area contributed by atoms with E-state index in [2.05, 4.69) is 9.97 Å². The Morgan fingerprint density at radius 3 is 2.37 bits per heavy atom. The van der Waals surface area contributed by atoms with Crippen LogP contribution in [0.4, 0.5) is 10.3 Å². The highest BCUT2D eigenvalue weighted by atomic mass is 19.1. The Morgan fingerprint density at radius 1 is 1.26 bits per heavy atom. The van der Waals surface area contributed by atoms with Crippen LogP contribution in [0.3, 0.4) is 0 Å². The number of halogens is 1. The lowest BCUT2D eigenvalue weighted by Gasteiger charge is -2.16. The summed E-state index contributed by atoms with van der Waals surface area (Å²) in [4.78, 5) is 20.2. The van der Waals surface area contributed by atoms with E-state index in [9.17, 15) is 9.18 Å². The van der Waals surface area contributed by atoms with E-state index in [1.54, 1.807) is 24.1 Å². The molecule has 0 aliphatic carbocycles. The standard InChI is InChI=1S/C13H12FN3O2/c1-17(13-15-6-11(14)7-16-13)8-9-2-4-10(5-3-9)12(18)19/h2-7H,8H2,1H3,(H,18,19). The average molecular weight is 261 g/mol. The summed E-state index contributed by atoms with van der Waals surface area (Å²) in [5, 5.41) is 8.80. The fourth-order valence-electron chi connectivity index (χ4n) is 1.60. The monoisotopic (exact) mass is 261 g/mol. The molecular formula is C13H12FN3O2. The molecule has 1 aromatic carbocycles. The minimum atomic E-state index is -0.957. The maximum atomic E-state index is 12.7. The zero-order valence-corrected chi connectivity index (χ0v) is 10.2. The molecule has 6 heteroatoms. The number of nitrogens with zero attached hydrogens (tertiary/aromatic N) is 3. The number of carboxylic acids is 1. The van der Waals surface area contributed by atoms with E-state index in [1.165, 1.54) is 12.1 Å². The summed E-state index contributed by atoms with van der Waals surface area (Å²) in [6.07, 6.45) is 2.21. The SMILES string of the molecule is CN(Cc1ccc(C(=O)O)cc1)c1ncc(F)cn1. The van der Waals surface area contributed by atoms with Crippen molar-refractivity contribution in [2.24, 2.45) is 0 Å². The third-order valence-electron chi connectivity index (χ3n) is 2.57. The number of carbonyl (C=O) groups is 1. The molecule has 0 radical (unpaired) electrons. The Labute approximate surface area is 109 Å². The second kappa shape index (κ2) is 5.43. The van der Waals surface area contributed by atoms with E-state index in [1.807, 2.05) is 0 Å². The molecule has 0 unspecified atom stereocenters. The first-order chi connectivity index (χ1) is 9.06. The quantitative estimate of drug-likeness (QED) is 0.911. The fraction of sp³-hybridized carbons (Fsp3) is 0.154. The van der Waals surface area contributed by atoms with Gasteiger partial charge < -0.3 is 10.0 Å². The lowest BCUT2D eigenvalue weighted by Crippen LogP contribution is -2.19. The van der Waals surface area contributed by atoms with Crippen LogP contribution in [0.1, 0.15) is 15.9 Å². The lowest BCUT2D eigenvalue weighted by atomic mass is 10.1. The first-order valence-electron chi connectivity index (χ1n) is 5.57. The molecule has 5 nitrogen and oxygen atoms in total. The van der Waals surface area contributed by atoms with Crippen LogP contribution in [0.5, 0.6) is 0 Å². The Hall–Kier alpha value is -2.50. The Morgan fingerprint density at radius 2 is 1.84 bits per heavy atom. The van der Waals surface area contributed by atoms with Gasteiger partial charge in [-0.15, -0.1) is 0 Å². The summed E-state index contributed by atoms with van der Waals surface area (Å²) < 4.78 is 12.7. The molecule has 0 aliphatic heterocycles. The van der Waals surface area contributed by atoms with Crippen molar-refractivity contribution in [3.63, 3.8) is 0 Å². The van der Waals surface area contributed by atoms with E-state index < -0.39 is 11.8 Å². The number of anilines is 1. The lowest BCUT2D eigenvalue weighted by molar-refractivity contribution is 0.0697. The molecule has 1 aromatic heterocycles. The molecule has 19 heavy (non-hydrogen) atoms. The van der Waals surface area contributed by atoms with Gasteiger partial charge >= 0.3 is 5.97 Å². The molecule has 0 amide bonds. The highest BCUT2D eigenvalue weighted by molar-refractivity contribution is 5.87. The fourth-order valence-corrected chi connectivity index (χ4v) is 1.60. The van der Waals surface area contributed by atoms with Crippen molar-refractivity contribution in [1.29, 1.82) is 0 Å². The second-order valence-electron chi connectivity index (χ2n) is 4.06. The van der Waals surface area contributed by atoms with Gasteiger partial charge in [-0.2, -0.15) is 0 Å². The van der Waals surface area contributed by atoms with Gasteiger partial charge in [-0.3, -0.25) is 0 Å². The minimum Gasteiger partial charge on any atom is -0.478 e. The van der Waals surface area contributed by atoms with Gasteiger partial charge in [0.2, 0.25) is 5.95 Å². The number of aromatic carboxylic acids is 1. The molecule has 0 saturated heterocycles. The van der Waals surface area contributed by atoms with E-state index in [4.69, 9.17) is 5.11 Å². The van der Waals surface area contributed by atoms with Crippen LogP contribution in [0.15, 0.2) is 36.7 Å². The van der Waals surface area contributed by atoms with Crippen molar-refractivity contribution in [2.45, 2.75) is 6.54 Å². The smallest absolute Gasteiger partial charge is 0.335 e. The van der Waals surface area contributed by atoms with Crippen molar-refractivity contribution in [1.82, 2.24) is 9.97 Å². The largest absolute Gasteiger partial charge is 0.478 e. The van der Waals surface area contributed by atoms with Crippen LogP contribution in [-0.4, -0.2) is 28.1 Å². The highest BCUT2D eigenvalue weighted by Crippen LogP contribution is 2.11. The summed E-state index contributed by atoms with van der Waals surface area (Å²) in [5.41, 5.74) is 1.16. The molecule has 0 bridgehead atoms. The van der Waals surface area contributed by atoms with Gasteiger partial charge in [-0.1, -0.05) is 12.1 Å². The van der Waals surface area contributed by atoms with E-state index in [0.717, 1.165) is 18.0 Å². The number of hydrogen-bond donors (Lipinski definition) is 1. The molecule has 1 N–H and O–H groups in total. The molecule has 0 aliphatic rings. The zero-order chi connectivity index (χ0) is 13.8. The maximum absolute atomic E-state index is 12.7. The first kappa shape index (κ1) is 12.9. The second-order valence-corrected chi connectivity index (χ2v) is 4.06. The van der Waals surface area contributed by atoms with Crippen molar-refractivity contribution < 1.29 is 14.3 Å². The predicted octanol–water partition coefficient (Wildman–Crippen LogP) is 1.95. The Balaban J connectivity index is 2.08. The molecule has 98 valence electrons.